The van der Waals surface area contributed by atoms with E-state index in [9.17, 15) is 0 Å². The van der Waals surface area contributed by atoms with Crippen molar-refractivity contribution in [2.24, 2.45) is 17.6 Å². The van der Waals surface area contributed by atoms with Gasteiger partial charge < -0.3 is 10.6 Å². The first-order chi connectivity index (χ1) is 9.51. The third-order valence-electron chi connectivity index (χ3n) is 4.72. The highest BCUT2D eigenvalue weighted by Gasteiger charge is 2.24. The molecule has 1 aliphatic heterocycles. The van der Waals surface area contributed by atoms with E-state index in [4.69, 9.17) is 17.3 Å². The molecule has 1 fully saturated rings. The molecule has 1 aliphatic rings. The van der Waals surface area contributed by atoms with Crippen molar-refractivity contribution in [3.05, 3.63) is 28.8 Å². The van der Waals surface area contributed by atoms with E-state index in [-0.39, 0.29) is 6.04 Å². The number of nitrogens with two attached hydrogens (primary N) is 1. The van der Waals surface area contributed by atoms with Crippen LogP contribution < -0.4 is 10.6 Å². The van der Waals surface area contributed by atoms with Gasteiger partial charge in [0, 0.05) is 29.8 Å². The lowest BCUT2D eigenvalue weighted by Gasteiger charge is -2.38. The van der Waals surface area contributed by atoms with Crippen molar-refractivity contribution in [3.8, 4) is 0 Å². The number of rotatable bonds is 4. The van der Waals surface area contributed by atoms with Crippen molar-refractivity contribution in [1.29, 1.82) is 0 Å². The van der Waals surface area contributed by atoms with Crippen LogP contribution in [0.2, 0.25) is 5.02 Å². The summed E-state index contributed by atoms with van der Waals surface area (Å²) in [5, 5.41) is 0.811. The number of hydrogen-bond acceptors (Lipinski definition) is 2. The minimum atomic E-state index is 0.216. The van der Waals surface area contributed by atoms with E-state index in [1.807, 2.05) is 6.07 Å². The Hall–Kier alpha value is -0.730. The van der Waals surface area contributed by atoms with Crippen LogP contribution in [-0.2, 0) is 6.42 Å². The Kier molecular flexibility index (Phi) is 5.34. The first-order valence-corrected chi connectivity index (χ1v) is 8.18. The second-order valence-corrected chi connectivity index (χ2v) is 6.77. The lowest BCUT2D eigenvalue weighted by Crippen LogP contribution is -2.39. The van der Waals surface area contributed by atoms with Crippen molar-refractivity contribution >= 4 is 17.3 Å². The molecule has 3 heteroatoms. The molecule has 0 radical (unpaired) electrons. The summed E-state index contributed by atoms with van der Waals surface area (Å²) in [6.07, 6.45) is 3.18. The Bertz CT molecular complexity index is 447. The Labute approximate surface area is 128 Å². The molecule has 0 amide bonds. The zero-order valence-corrected chi connectivity index (χ0v) is 13.7. The van der Waals surface area contributed by atoms with Crippen molar-refractivity contribution in [3.63, 3.8) is 0 Å². The average Bonchev–Trinajstić information content (AvgIpc) is 2.42. The highest BCUT2D eigenvalue weighted by Crippen LogP contribution is 2.31. The van der Waals surface area contributed by atoms with Crippen LogP contribution in [0, 0.1) is 11.8 Å². The summed E-state index contributed by atoms with van der Waals surface area (Å²) in [4.78, 5) is 2.51. The third-order valence-corrected chi connectivity index (χ3v) is 4.96. The fraction of sp³-hybridized carbons (Fsp3) is 0.647. The maximum absolute atomic E-state index is 6.17. The Morgan fingerprint density at radius 3 is 2.75 bits per heavy atom. The van der Waals surface area contributed by atoms with Gasteiger partial charge in [0.05, 0.1) is 0 Å². The minimum Gasteiger partial charge on any atom is -0.371 e. The monoisotopic (exact) mass is 294 g/mol. The van der Waals surface area contributed by atoms with Crippen molar-refractivity contribution in [2.45, 2.75) is 46.1 Å². The molecule has 2 nitrogen and oxygen atoms in total. The molecule has 1 aromatic carbocycles. The minimum absolute atomic E-state index is 0.216. The van der Waals surface area contributed by atoms with Gasteiger partial charge in [-0.25, -0.2) is 0 Å². The molecule has 1 heterocycles. The van der Waals surface area contributed by atoms with Crippen LogP contribution in [0.25, 0.3) is 0 Å². The third kappa shape index (κ3) is 3.67. The van der Waals surface area contributed by atoms with Crippen molar-refractivity contribution in [1.82, 2.24) is 0 Å². The largest absolute Gasteiger partial charge is 0.371 e. The summed E-state index contributed by atoms with van der Waals surface area (Å²) in [5.41, 5.74) is 8.77. The molecule has 1 aromatic rings. The number of anilines is 1. The van der Waals surface area contributed by atoms with Gasteiger partial charge in [0.2, 0.25) is 0 Å². The Morgan fingerprint density at radius 2 is 2.10 bits per heavy atom. The van der Waals surface area contributed by atoms with E-state index in [0.717, 1.165) is 42.8 Å². The smallest absolute Gasteiger partial charge is 0.0410 e. The van der Waals surface area contributed by atoms with Gasteiger partial charge in [0.25, 0.3) is 0 Å². The molecule has 2 rings (SSSR count). The molecule has 3 atom stereocenters. The second kappa shape index (κ2) is 6.82. The van der Waals surface area contributed by atoms with E-state index < -0.39 is 0 Å². The van der Waals surface area contributed by atoms with Gasteiger partial charge >= 0.3 is 0 Å². The van der Waals surface area contributed by atoms with Gasteiger partial charge in [0.15, 0.2) is 0 Å². The zero-order chi connectivity index (χ0) is 14.7. The maximum atomic E-state index is 6.17. The molecule has 112 valence electrons. The van der Waals surface area contributed by atoms with E-state index in [1.54, 1.807) is 0 Å². The maximum Gasteiger partial charge on any atom is 0.0410 e. The molecule has 2 N–H and O–H groups in total. The molecule has 1 saturated heterocycles. The van der Waals surface area contributed by atoms with Gasteiger partial charge in [-0.15, -0.1) is 0 Å². The molecule has 0 spiro atoms. The fourth-order valence-electron chi connectivity index (χ4n) is 2.93. The molecule has 0 bridgehead atoms. The molecular formula is C17H27ClN2. The van der Waals surface area contributed by atoms with Crippen LogP contribution in [0.4, 0.5) is 5.69 Å². The van der Waals surface area contributed by atoms with E-state index in [1.165, 1.54) is 17.7 Å². The highest BCUT2D eigenvalue weighted by molar-refractivity contribution is 6.30. The van der Waals surface area contributed by atoms with Crippen LogP contribution in [0.15, 0.2) is 18.2 Å². The van der Waals surface area contributed by atoms with Gasteiger partial charge in [-0.1, -0.05) is 32.4 Å². The number of piperidine rings is 1. The van der Waals surface area contributed by atoms with Gasteiger partial charge in [-0.3, -0.25) is 0 Å². The average molecular weight is 295 g/mol. The summed E-state index contributed by atoms with van der Waals surface area (Å²) in [7, 11) is 0. The van der Waals surface area contributed by atoms with E-state index >= 15 is 0 Å². The summed E-state index contributed by atoms with van der Waals surface area (Å²) in [6, 6.07) is 6.48. The number of hydrogen-bond donors (Lipinski definition) is 1. The lowest BCUT2D eigenvalue weighted by molar-refractivity contribution is 0.323. The SMILES string of the molecule is CCC(N)Cc1cc(Cl)ccc1N1CCC(C)C(C)C1. The van der Waals surface area contributed by atoms with Crippen LogP contribution in [0.1, 0.15) is 39.2 Å². The highest BCUT2D eigenvalue weighted by atomic mass is 35.5. The normalized spacial score (nSPS) is 24.8. The predicted octanol–water partition coefficient (Wildman–Crippen LogP) is 4.10. The quantitative estimate of drug-likeness (QED) is 0.906. The van der Waals surface area contributed by atoms with Crippen LogP contribution in [0.5, 0.6) is 0 Å². The molecular weight excluding hydrogens is 268 g/mol. The topological polar surface area (TPSA) is 29.3 Å². The summed E-state index contributed by atoms with van der Waals surface area (Å²) in [6.45, 7) is 9.13. The Balaban J connectivity index is 2.22. The van der Waals surface area contributed by atoms with Crippen LogP contribution in [-0.4, -0.2) is 19.1 Å². The summed E-state index contributed by atoms with van der Waals surface area (Å²) >= 11 is 6.17. The number of halogens is 1. The summed E-state index contributed by atoms with van der Waals surface area (Å²) < 4.78 is 0. The standard InChI is InChI=1S/C17H27ClN2/c1-4-16(19)10-14-9-15(18)5-6-17(14)20-8-7-12(2)13(3)11-20/h5-6,9,12-13,16H,4,7-8,10-11,19H2,1-3H3. The number of benzene rings is 1. The molecule has 0 saturated carbocycles. The molecule has 20 heavy (non-hydrogen) atoms. The first-order valence-electron chi connectivity index (χ1n) is 7.80. The van der Waals surface area contributed by atoms with E-state index in [2.05, 4.69) is 37.8 Å². The van der Waals surface area contributed by atoms with Crippen LogP contribution in [0.3, 0.4) is 0 Å². The second-order valence-electron chi connectivity index (χ2n) is 6.33. The lowest BCUT2D eigenvalue weighted by atomic mass is 9.88. The molecule has 0 aliphatic carbocycles. The fourth-order valence-corrected chi connectivity index (χ4v) is 3.13. The van der Waals surface area contributed by atoms with Crippen molar-refractivity contribution < 1.29 is 0 Å². The molecule has 3 unspecified atom stereocenters. The predicted molar refractivity (Wildman–Crippen MR) is 88.6 cm³/mol. The zero-order valence-electron chi connectivity index (χ0n) is 12.9. The van der Waals surface area contributed by atoms with Gasteiger partial charge in [-0.2, -0.15) is 0 Å². The van der Waals surface area contributed by atoms with Gasteiger partial charge in [0.1, 0.15) is 0 Å². The van der Waals surface area contributed by atoms with Crippen LogP contribution >= 0.6 is 11.6 Å². The van der Waals surface area contributed by atoms with Gasteiger partial charge in [-0.05, 0) is 54.9 Å². The number of nitrogens with zero attached hydrogens (tertiary/aromatic N) is 1. The van der Waals surface area contributed by atoms with Crippen molar-refractivity contribution in [2.75, 3.05) is 18.0 Å². The van der Waals surface area contributed by atoms with E-state index in [0.29, 0.717) is 0 Å². The Morgan fingerprint density at radius 1 is 1.35 bits per heavy atom. The summed E-state index contributed by atoms with van der Waals surface area (Å²) in [5.74, 6) is 1.56. The molecule has 0 aromatic heterocycles. The first kappa shape index (κ1) is 15.7.